The molecule has 1 aromatic heterocycles. The fraction of sp³-hybridized carbons (Fsp3) is 0.194. The van der Waals surface area contributed by atoms with Gasteiger partial charge in [-0.3, -0.25) is 9.48 Å². The number of nitrogens with one attached hydrogen (secondary N) is 1. The Morgan fingerprint density at radius 3 is 2.07 bits per heavy atom. The summed E-state index contributed by atoms with van der Waals surface area (Å²) in [7, 11) is -4.16. The molecule has 8 nitrogen and oxygen atoms in total. The summed E-state index contributed by atoms with van der Waals surface area (Å²) in [5, 5.41) is 4.87. The van der Waals surface area contributed by atoms with Crippen LogP contribution in [-0.4, -0.2) is 36.7 Å². The number of hydrogen-bond acceptors (Lipinski definition) is 6. The van der Waals surface area contributed by atoms with Crippen molar-refractivity contribution in [3.8, 4) is 11.1 Å². The van der Waals surface area contributed by atoms with Gasteiger partial charge in [0.15, 0.2) is 0 Å². The number of amides is 1. The molecule has 0 unspecified atom stereocenters. The highest BCUT2D eigenvalue weighted by molar-refractivity contribution is 7.90. The van der Waals surface area contributed by atoms with E-state index in [0.717, 1.165) is 23.2 Å². The van der Waals surface area contributed by atoms with Crippen LogP contribution in [0.4, 0.5) is 0 Å². The molecule has 1 amide bonds. The Labute approximate surface area is 263 Å². The van der Waals surface area contributed by atoms with E-state index < -0.39 is 21.9 Å². The van der Waals surface area contributed by atoms with Gasteiger partial charge in [-0.1, -0.05) is 97.9 Å². The zero-order valence-electron chi connectivity index (χ0n) is 25.3. The van der Waals surface area contributed by atoms with E-state index >= 15 is 0 Å². The van der Waals surface area contributed by atoms with E-state index in [9.17, 15) is 18.0 Å². The third-order valence-electron chi connectivity index (χ3n) is 7.34. The number of carbonyl (C=O) groups is 2. The lowest BCUT2D eigenvalue weighted by Gasteiger charge is -2.12. The van der Waals surface area contributed by atoms with Crippen LogP contribution in [0.25, 0.3) is 11.1 Å². The quantitative estimate of drug-likeness (QED) is 0.161. The molecule has 0 bridgehead atoms. The van der Waals surface area contributed by atoms with Crippen molar-refractivity contribution in [1.29, 1.82) is 0 Å². The van der Waals surface area contributed by atoms with Crippen LogP contribution in [0.1, 0.15) is 63.5 Å². The van der Waals surface area contributed by atoms with Crippen LogP contribution in [0.15, 0.2) is 114 Å². The largest absolute Gasteiger partial charge is 0.462 e. The number of ether oxygens (including phenoxy) is 1. The minimum Gasteiger partial charge on any atom is -0.462 e. The van der Waals surface area contributed by atoms with Crippen LogP contribution in [0.2, 0.25) is 0 Å². The molecule has 0 aliphatic heterocycles. The Kier molecular flexibility index (Phi) is 9.89. The van der Waals surface area contributed by atoms with E-state index in [2.05, 4.69) is 11.6 Å². The molecule has 230 valence electrons. The molecule has 45 heavy (non-hydrogen) atoms. The lowest BCUT2D eigenvalue weighted by Crippen LogP contribution is -2.30. The molecule has 5 rings (SSSR count). The highest BCUT2D eigenvalue weighted by Gasteiger charge is 2.26. The minimum absolute atomic E-state index is 0.00418. The van der Waals surface area contributed by atoms with E-state index in [0.29, 0.717) is 41.8 Å². The van der Waals surface area contributed by atoms with E-state index in [1.165, 1.54) is 6.07 Å². The number of nitrogens with zero attached hydrogens (tertiary/aromatic N) is 2. The second-order valence-corrected chi connectivity index (χ2v) is 12.2. The van der Waals surface area contributed by atoms with Crippen molar-refractivity contribution in [2.75, 3.05) is 6.61 Å². The highest BCUT2D eigenvalue weighted by Crippen LogP contribution is 2.29. The van der Waals surface area contributed by atoms with Crippen molar-refractivity contribution < 1.29 is 22.7 Å². The summed E-state index contributed by atoms with van der Waals surface area (Å²) >= 11 is 0. The number of carbonyl (C=O) groups excluding carboxylic acids is 2. The molecular weight excluding hydrogens is 586 g/mol. The van der Waals surface area contributed by atoms with Gasteiger partial charge in [-0.25, -0.2) is 17.9 Å². The number of rotatable bonds is 12. The van der Waals surface area contributed by atoms with E-state index in [-0.39, 0.29) is 17.1 Å². The van der Waals surface area contributed by atoms with Crippen molar-refractivity contribution >= 4 is 21.9 Å². The van der Waals surface area contributed by atoms with Gasteiger partial charge in [-0.15, -0.1) is 0 Å². The molecule has 0 saturated carbocycles. The molecule has 0 radical (unpaired) electrons. The predicted octanol–water partition coefficient (Wildman–Crippen LogP) is 6.44. The van der Waals surface area contributed by atoms with Crippen LogP contribution in [0.3, 0.4) is 0 Å². The average Bonchev–Trinajstić information content (AvgIpc) is 3.38. The fourth-order valence-corrected chi connectivity index (χ4v) is 6.45. The van der Waals surface area contributed by atoms with E-state index in [4.69, 9.17) is 9.84 Å². The molecule has 1 heterocycles. The first-order valence-corrected chi connectivity index (χ1v) is 16.4. The summed E-state index contributed by atoms with van der Waals surface area (Å²) in [5.74, 6) is -1.10. The number of aromatic nitrogens is 2. The topological polar surface area (TPSA) is 107 Å². The maximum absolute atomic E-state index is 13.3. The average molecular weight is 622 g/mol. The standard InChI is InChI=1S/C36H35N3O5S/c1-3-23-39-32(25-26-13-7-5-8-14-26)34(36(41)44-4-2)31(37-39)24-27-19-21-28(22-20-27)30-17-11-12-18-33(30)45(42,43)38-35(40)29-15-9-6-10-16-29/h5-22H,3-4,23-25H2,1-2H3,(H,38,40). The number of hydrogen-bond donors (Lipinski definition) is 1. The SMILES string of the molecule is CCCn1nc(Cc2ccc(-c3ccccc3S(=O)(=O)NC(=O)c3ccccc3)cc2)c(C(=O)OCC)c1Cc1ccccc1. The second kappa shape index (κ2) is 14.2. The van der Waals surface area contributed by atoms with Crippen LogP contribution in [-0.2, 0) is 34.1 Å². The first-order valence-electron chi connectivity index (χ1n) is 14.9. The van der Waals surface area contributed by atoms with Gasteiger partial charge < -0.3 is 4.74 Å². The number of benzene rings is 4. The lowest BCUT2D eigenvalue weighted by molar-refractivity contribution is 0.0523. The van der Waals surface area contributed by atoms with Crippen LogP contribution >= 0.6 is 0 Å². The van der Waals surface area contributed by atoms with Gasteiger partial charge in [-0.2, -0.15) is 5.10 Å². The molecule has 5 aromatic rings. The van der Waals surface area contributed by atoms with Crippen molar-refractivity contribution in [2.24, 2.45) is 0 Å². The molecule has 0 aliphatic rings. The molecule has 0 spiro atoms. The number of esters is 1. The van der Waals surface area contributed by atoms with Crippen LogP contribution < -0.4 is 4.72 Å². The Hall–Kier alpha value is -5.02. The number of sulfonamides is 1. The Bertz CT molecular complexity index is 1880. The maximum Gasteiger partial charge on any atom is 0.341 e. The van der Waals surface area contributed by atoms with E-state index in [1.807, 2.05) is 59.3 Å². The first kappa shape index (κ1) is 31.4. The van der Waals surface area contributed by atoms with Crippen LogP contribution in [0, 0.1) is 0 Å². The fourth-order valence-electron chi connectivity index (χ4n) is 5.24. The molecule has 0 atom stereocenters. The third kappa shape index (κ3) is 7.38. The normalized spacial score (nSPS) is 11.2. The van der Waals surface area contributed by atoms with Gasteiger partial charge in [0.05, 0.1) is 22.9 Å². The summed E-state index contributed by atoms with van der Waals surface area (Å²) in [6, 6.07) is 32.2. The Morgan fingerprint density at radius 1 is 0.778 bits per heavy atom. The monoisotopic (exact) mass is 621 g/mol. The predicted molar refractivity (Wildman–Crippen MR) is 174 cm³/mol. The van der Waals surface area contributed by atoms with Gasteiger partial charge >= 0.3 is 5.97 Å². The first-order chi connectivity index (χ1) is 21.8. The summed E-state index contributed by atoms with van der Waals surface area (Å²) in [6.07, 6.45) is 1.79. The molecule has 1 N–H and O–H groups in total. The molecule has 0 aliphatic carbocycles. The van der Waals surface area contributed by atoms with Gasteiger partial charge in [0.25, 0.3) is 15.9 Å². The third-order valence-corrected chi connectivity index (χ3v) is 8.72. The summed E-state index contributed by atoms with van der Waals surface area (Å²) in [4.78, 5) is 25.9. The van der Waals surface area contributed by atoms with Crippen molar-refractivity contribution in [3.63, 3.8) is 0 Å². The van der Waals surface area contributed by atoms with Gasteiger partial charge in [0.1, 0.15) is 5.56 Å². The second-order valence-electron chi connectivity index (χ2n) is 10.5. The molecule has 9 heteroatoms. The summed E-state index contributed by atoms with van der Waals surface area (Å²) in [6.45, 7) is 4.78. The smallest absolute Gasteiger partial charge is 0.341 e. The van der Waals surface area contributed by atoms with E-state index in [1.54, 1.807) is 55.5 Å². The highest BCUT2D eigenvalue weighted by atomic mass is 32.2. The molecule has 4 aromatic carbocycles. The van der Waals surface area contributed by atoms with Gasteiger partial charge in [0, 0.05) is 30.5 Å². The molecule has 0 saturated heterocycles. The molecule has 0 fully saturated rings. The lowest BCUT2D eigenvalue weighted by atomic mass is 9.99. The molecular formula is C36H35N3O5S. The zero-order chi connectivity index (χ0) is 31.8. The summed E-state index contributed by atoms with van der Waals surface area (Å²) in [5.41, 5.74) is 5.29. The Morgan fingerprint density at radius 2 is 1.40 bits per heavy atom. The van der Waals surface area contributed by atoms with Crippen LogP contribution in [0.5, 0.6) is 0 Å². The van der Waals surface area contributed by atoms with Crippen molar-refractivity contribution in [3.05, 3.63) is 143 Å². The van der Waals surface area contributed by atoms with Gasteiger partial charge in [-0.05, 0) is 48.2 Å². The van der Waals surface area contributed by atoms with Gasteiger partial charge in [0.2, 0.25) is 0 Å². The minimum atomic E-state index is -4.16. The maximum atomic E-state index is 13.3. The number of aryl methyl sites for hydroxylation is 1. The Balaban J connectivity index is 1.44. The zero-order valence-corrected chi connectivity index (χ0v) is 26.1. The summed E-state index contributed by atoms with van der Waals surface area (Å²) < 4.78 is 36.2. The van der Waals surface area contributed by atoms with Crippen molar-refractivity contribution in [2.45, 2.75) is 44.6 Å². The van der Waals surface area contributed by atoms with Crippen molar-refractivity contribution in [1.82, 2.24) is 14.5 Å².